The number of allylic oxidation sites excluding steroid dienone is 11. The van der Waals surface area contributed by atoms with Crippen molar-refractivity contribution in [2.45, 2.75) is 373 Å². The Bertz CT molecular complexity index is 1630. The monoisotopic (exact) mass is 1230 g/mol. The number of aliphatic hydroxyl groups excluding tert-OH is 1. The van der Waals surface area contributed by atoms with E-state index >= 15 is 0 Å². The van der Waals surface area contributed by atoms with Crippen LogP contribution in [0.1, 0.15) is 361 Å². The molecule has 0 saturated carbocycles. The molecule has 3 atom stereocenters. The number of amides is 1. The van der Waals surface area contributed by atoms with E-state index < -0.39 is 20.0 Å². The highest BCUT2D eigenvalue weighted by Crippen LogP contribution is 2.38. The highest BCUT2D eigenvalue weighted by Gasteiger charge is 2.23. The fraction of sp³-hybridized carbons (Fsp3) is 0.831. The summed E-state index contributed by atoms with van der Waals surface area (Å²) in [7, 11) is 1.27. The zero-order chi connectivity index (χ0) is 62.6. The summed E-state index contributed by atoms with van der Waals surface area (Å²) in [6.07, 6.45) is 94.7. The lowest BCUT2D eigenvalue weighted by atomic mass is 10.0. The van der Waals surface area contributed by atoms with Crippen LogP contribution < -0.4 is 10.2 Å². The van der Waals surface area contributed by atoms with Crippen molar-refractivity contribution >= 4 is 13.7 Å². The minimum absolute atomic E-state index is 0.000777. The Morgan fingerprint density at radius 2 is 0.709 bits per heavy atom. The number of likely N-dealkylation sites (N-methyl/N-ethyl adjacent to an activating group) is 1. The average Bonchev–Trinajstić information content (AvgIpc) is 3.70. The largest absolute Gasteiger partial charge is 0.756 e. The Balaban J connectivity index is 4.01. The predicted molar refractivity (Wildman–Crippen MR) is 376 cm³/mol. The molecule has 0 radical (unpaired) electrons. The molecule has 0 saturated heterocycles. The predicted octanol–water partition coefficient (Wildman–Crippen LogP) is 23.5. The molecular formula is C77H145N2O6P. The van der Waals surface area contributed by atoms with E-state index in [-0.39, 0.29) is 19.1 Å². The summed E-state index contributed by atoms with van der Waals surface area (Å²) in [5.74, 6) is -0.192. The zero-order valence-corrected chi connectivity index (χ0v) is 58.7. The first-order valence-corrected chi connectivity index (χ1v) is 38.8. The summed E-state index contributed by atoms with van der Waals surface area (Å²) in [6, 6.07) is -0.890. The van der Waals surface area contributed by atoms with E-state index in [0.29, 0.717) is 17.4 Å². The number of carbonyl (C=O) groups excluding carboxylic acids is 1. The number of phosphoric acid groups is 1. The van der Waals surface area contributed by atoms with Crippen LogP contribution >= 0.6 is 7.82 Å². The maximum Gasteiger partial charge on any atom is 0.268 e. The molecule has 504 valence electrons. The molecule has 0 heterocycles. The van der Waals surface area contributed by atoms with Gasteiger partial charge in [-0.2, -0.15) is 0 Å². The molecule has 0 aliphatic rings. The summed E-state index contributed by atoms with van der Waals surface area (Å²) in [5, 5.41) is 14.0. The summed E-state index contributed by atoms with van der Waals surface area (Å²) < 4.78 is 23.5. The van der Waals surface area contributed by atoms with Gasteiger partial charge in [0.1, 0.15) is 13.2 Å². The Labute approximate surface area is 535 Å². The van der Waals surface area contributed by atoms with E-state index in [1.165, 1.54) is 270 Å². The molecule has 0 aromatic rings. The van der Waals surface area contributed by atoms with Crippen LogP contribution in [0, 0.1) is 0 Å². The minimum atomic E-state index is -4.61. The highest BCUT2D eigenvalue weighted by molar-refractivity contribution is 7.45. The first kappa shape index (κ1) is 83.9. The number of rotatable bonds is 69. The van der Waals surface area contributed by atoms with E-state index in [0.717, 1.165) is 70.6 Å². The lowest BCUT2D eigenvalue weighted by molar-refractivity contribution is -0.870. The molecule has 0 aromatic heterocycles. The third-order valence-corrected chi connectivity index (χ3v) is 17.9. The van der Waals surface area contributed by atoms with E-state index in [4.69, 9.17) is 9.05 Å². The molecule has 9 heteroatoms. The van der Waals surface area contributed by atoms with Gasteiger partial charge in [-0.25, -0.2) is 0 Å². The normalized spacial score (nSPS) is 14.0. The first-order chi connectivity index (χ1) is 42.0. The van der Waals surface area contributed by atoms with E-state index in [1.54, 1.807) is 6.08 Å². The Morgan fingerprint density at radius 3 is 1.03 bits per heavy atom. The van der Waals surface area contributed by atoms with Crippen molar-refractivity contribution in [3.8, 4) is 0 Å². The van der Waals surface area contributed by atoms with Crippen LogP contribution in [-0.2, 0) is 18.4 Å². The maximum atomic E-state index is 13.1. The van der Waals surface area contributed by atoms with Gasteiger partial charge in [0.2, 0.25) is 5.91 Å². The van der Waals surface area contributed by atoms with E-state index in [1.807, 2.05) is 27.2 Å². The van der Waals surface area contributed by atoms with E-state index in [9.17, 15) is 19.4 Å². The van der Waals surface area contributed by atoms with Crippen LogP contribution in [0.4, 0.5) is 0 Å². The third-order valence-electron chi connectivity index (χ3n) is 16.9. The molecule has 0 aliphatic heterocycles. The SMILES string of the molecule is CC/C=C\C/C=C\C/C=C\C/C=C\C/C=C\CCCCCCCCCCCCCCCCCCCCCC(=O)NC(COP(=O)([O-])OCC[N+](C)(C)C)C(O)/C=C/CCCCCCCCCCCCCCCCCCCCCCCCCCCCC. The van der Waals surface area contributed by atoms with Crippen molar-refractivity contribution in [2.24, 2.45) is 0 Å². The summed E-state index contributed by atoms with van der Waals surface area (Å²) in [6.45, 7) is 4.59. The standard InChI is InChI=1S/C77H145N2O6P/c1-6-8-10-12-14-16-18-20-22-24-26-28-30-32-34-36-37-38-39-40-41-43-45-47-49-51-53-55-57-59-61-63-65-67-69-71-77(81)78-75(74-85-86(82,83)84-73-72-79(3,4)5)76(80)70-68-66-64-62-60-58-56-54-52-50-48-46-44-42-35-33-31-29-27-25-23-21-19-17-15-13-11-9-7-2/h8,10,14,16,20,22,26,28,32,34,68,70,75-76,80H,6-7,9,11-13,15,17-19,21,23-25,27,29-31,33,35-67,69,71-74H2,1-5H3,(H-,78,81,82,83)/b10-8-,16-14-,22-20-,28-26-,34-32-,70-68+. The molecule has 86 heavy (non-hydrogen) atoms. The molecule has 0 bridgehead atoms. The number of hydrogen-bond acceptors (Lipinski definition) is 6. The average molecular weight is 1230 g/mol. The Morgan fingerprint density at radius 1 is 0.419 bits per heavy atom. The number of unbranched alkanes of at least 4 members (excludes halogenated alkanes) is 46. The van der Waals surface area contributed by atoms with Crippen LogP contribution in [-0.4, -0.2) is 68.5 Å². The number of quaternary nitrogens is 1. The summed E-state index contributed by atoms with van der Waals surface area (Å²) >= 11 is 0. The molecule has 3 unspecified atom stereocenters. The van der Waals surface area contributed by atoms with Crippen molar-refractivity contribution in [2.75, 3.05) is 40.9 Å². The molecule has 8 nitrogen and oxygen atoms in total. The molecule has 2 N–H and O–H groups in total. The summed E-state index contributed by atoms with van der Waals surface area (Å²) in [5.41, 5.74) is 0. The van der Waals surface area contributed by atoms with Gasteiger partial charge < -0.3 is 28.8 Å². The molecule has 0 fully saturated rings. The number of hydrogen-bond donors (Lipinski definition) is 2. The van der Waals surface area contributed by atoms with Gasteiger partial charge in [-0.3, -0.25) is 9.36 Å². The van der Waals surface area contributed by atoms with Crippen molar-refractivity contribution in [3.63, 3.8) is 0 Å². The van der Waals surface area contributed by atoms with Crippen LogP contribution in [0.5, 0.6) is 0 Å². The minimum Gasteiger partial charge on any atom is -0.756 e. The molecule has 0 aliphatic carbocycles. The lowest BCUT2D eigenvalue weighted by Crippen LogP contribution is -2.45. The van der Waals surface area contributed by atoms with Crippen LogP contribution in [0.2, 0.25) is 0 Å². The number of nitrogens with one attached hydrogen (secondary N) is 1. The quantitative estimate of drug-likeness (QED) is 0.0272. The fourth-order valence-corrected chi connectivity index (χ4v) is 11.9. The van der Waals surface area contributed by atoms with Crippen molar-refractivity contribution in [1.82, 2.24) is 5.32 Å². The van der Waals surface area contributed by atoms with Gasteiger partial charge >= 0.3 is 0 Å². The third kappa shape index (κ3) is 69.4. The number of nitrogens with zero attached hydrogens (tertiary/aromatic N) is 1. The van der Waals surface area contributed by atoms with Crippen LogP contribution in [0.15, 0.2) is 72.9 Å². The zero-order valence-electron chi connectivity index (χ0n) is 57.8. The van der Waals surface area contributed by atoms with Crippen molar-refractivity contribution < 1.29 is 32.9 Å². The molecule has 0 spiro atoms. The number of phosphoric ester groups is 1. The smallest absolute Gasteiger partial charge is 0.268 e. The van der Waals surface area contributed by atoms with Gasteiger partial charge in [0.05, 0.1) is 39.9 Å². The fourth-order valence-electron chi connectivity index (χ4n) is 11.2. The Kier molecular flexibility index (Phi) is 65.7. The van der Waals surface area contributed by atoms with Crippen LogP contribution in [0.3, 0.4) is 0 Å². The second-order valence-corrected chi connectivity index (χ2v) is 28.0. The van der Waals surface area contributed by atoms with Gasteiger partial charge in [-0.05, 0) is 64.2 Å². The molecular weight excluding hydrogens is 1080 g/mol. The molecule has 0 aromatic carbocycles. The Hall–Kier alpha value is -2.06. The van der Waals surface area contributed by atoms with Gasteiger partial charge in [-0.1, -0.05) is 363 Å². The van der Waals surface area contributed by atoms with Gasteiger partial charge in [0.25, 0.3) is 7.82 Å². The summed E-state index contributed by atoms with van der Waals surface area (Å²) in [4.78, 5) is 25.7. The number of carbonyl (C=O) groups is 1. The second kappa shape index (κ2) is 67.3. The second-order valence-electron chi connectivity index (χ2n) is 26.6. The lowest BCUT2D eigenvalue weighted by Gasteiger charge is -2.29. The van der Waals surface area contributed by atoms with Crippen molar-refractivity contribution in [3.05, 3.63) is 72.9 Å². The van der Waals surface area contributed by atoms with Gasteiger partial charge in [0.15, 0.2) is 0 Å². The molecule has 0 rings (SSSR count). The van der Waals surface area contributed by atoms with Crippen LogP contribution in [0.25, 0.3) is 0 Å². The van der Waals surface area contributed by atoms with Gasteiger partial charge in [-0.15, -0.1) is 0 Å². The topological polar surface area (TPSA) is 108 Å². The first-order valence-electron chi connectivity index (χ1n) is 37.3. The molecule has 1 amide bonds. The van der Waals surface area contributed by atoms with Crippen molar-refractivity contribution in [1.29, 1.82) is 0 Å². The van der Waals surface area contributed by atoms with Gasteiger partial charge in [0, 0.05) is 6.42 Å². The van der Waals surface area contributed by atoms with E-state index in [2.05, 4.69) is 79.9 Å². The number of aliphatic hydroxyl groups is 1. The highest BCUT2D eigenvalue weighted by atomic mass is 31.2. The maximum absolute atomic E-state index is 13.1.